The van der Waals surface area contributed by atoms with Crippen molar-refractivity contribution in [2.75, 3.05) is 39.9 Å². The molecule has 18 heavy (non-hydrogen) atoms. The predicted octanol–water partition coefficient (Wildman–Crippen LogP) is 0.275. The molecule has 0 atom stereocenters. The molecule has 0 aromatic rings. The zero-order valence-electron chi connectivity index (χ0n) is 11.0. The predicted molar refractivity (Wildman–Crippen MR) is 68.9 cm³/mol. The summed E-state index contributed by atoms with van der Waals surface area (Å²) in [4.78, 5) is 2.36. The molecule has 104 valence electrons. The summed E-state index contributed by atoms with van der Waals surface area (Å²) in [6.07, 6.45) is 3.50. The van der Waals surface area contributed by atoms with Crippen molar-refractivity contribution in [3.63, 3.8) is 0 Å². The van der Waals surface area contributed by atoms with E-state index in [9.17, 15) is 8.42 Å². The summed E-state index contributed by atoms with van der Waals surface area (Å²) in [5, 5.41) is -0.0770. The maximum absolute atomic E-state index is 12.2. The quantitative estimate of drug-likeness (QED) is 0.725. The first kappa shape index (κ1) is 12.8. The van der Waals surface area contributed by atoms with E-state index in [1.807, 2.05) is 0 Å². The second-order valence-electron chi connectivity index (χ2n) is 5.84. The third-order valence-corrected chi connectivity index (χ3v) is 7.11. The van der Waals surface area contributed by atoms with Crippen molar-refractivity contribution >= 4 is 10.0 Å². The van der Waals surface area contributed by atoms with Crippen molar-refractivity contribution < 1.29 is 13.2 Å². The second-order valence-corrected chi connectivity index (χ2v) is 8.05. The Bertz CT molecular complexity index is 411. The Morgan fingerprint density at radius 1 is 1.17 bits per heavy atom. The van der Waals surface area contributed by atoms with Gasteiger partial charge in [0.2, 0.25) is 10.0 Å². The molecule has 6 heteroatoms. The topological polar surface area (TPSA) is 49.9 Å². The molecule has 2 heterocycles. The standard InChI is InChI=1S/C12H22N2O3S/c1-13-8-9-17-10-12(13)4-6-14(7-5-12)18(15,16)11-2-3-11/h11H,2-10H2,1H3. The molecule has 0 radical (unpaired) electrons. The maximum atomic E-state index is 12.2. The number of rotatable bonds is 2. The van der Waals surface area contributed by atoms with Gasteiger partial charge in [0.15, 0.2) is 0 Å². The molecule has 3 aliphatic rings. The van der Waals surface area contributed by atoms with Crippen molar-refractivity contribution in [1.29, 1.82) is 0 Å². The Morgan fingerprint density at radius 2 is 1.83 bits per heavy atom. The fourth-order valence-corrected chi connectivity index (χ4v) is 4.92. The summed E-state index contributed by atoms with van der Waals surface area (Å²) in [6, 6.07) is 0. The summed E-state index contributed by atoms with van der Waals surface area (Å²) < 4.78 is 31.7. The number of nitrogens with zero attached hydrogens (tertiary/aromatic N) is 2. The molecule has 0 N–H and O–H groups in total. The largest absolute Gasteiger partial charge is 0.378 e. The van der Waals surface area contributed by atoms with E-state index in [1.165, 1.54) is 0 Å². The van der Waals surface area contributed by atoms with E-state index in [-0.39, 0.29) is 10.8 Å². The number of piperidine rings is 1. The van der Waals surface area contributed by atoms with Crippen LogP contribution in [0.4, 0.5) is 0 Å². The normalized spacial score (nSPS) is 30.7. The van der Waals surface area contributed by atoms with Crippen molar-refractivity contribution in [1.82, 2.24) is 9.21 Å². The maximum Gasteiger partial charge on any atom is 0.216 e. The van der Waals surface area contributed by atoms with Gasteiger partial charge in [0.25, 0.3) is 0 Å². The second kappa shape index (κ2) is 4.44. The van der Waals surface area contributed by atoms with Crippen LogP contribution in [0.1, 0.15) is 25.7 Å². The van der Waals surface area contributed by atoms with Gasteiger partial charge >= 0.3 is 0 Å². The van der Waals surface area contributed by atoms with E-state index in [0.29, 0.717) is 13.1 Å². The van der Waals surface area contributed by atoms with Gasteiger partial charge in [0.1, 0.15) is 0 Å². The Labute approximate surface area is 109 Å². The van der Waals surface area contributed by atoms with Crippen molar-refractivity contribution in [2.24, 2.45) is 0 Å². The average molecular weight is 274 g/mol. The third kappa shape index (κ3) is 2.09. The highest BCUT2D eigenvalue weighted by molar-refractivity contribution is 7.90. The van der Waals surface area contributed by atoms with Crippen molar-refractivity contribution in [2.45, 2.75) is 36.5 Å². The molecule has 0 aromatic heterocycles. The van der Waals surface area contributed by atoms with Gasteiger partial charge in [-0.05, 0) is 32.7 Å². The molecule has 0 amide bonds. The van der Waals surface area contributed by atoms with E-state index in [4.69, 9.17) is 4.74 Å². The first-order chi connectivity index (χ1) is 8.55. The highest BCUT2D eigenvalue weighted by Crippen LogP contribution is 2.36. The molecule has 0 bridgehead atoms. The summed E-state index contributed by atoms with van der Waals surface area (Å²) in [6.45, 7) is 3.82. The lowest BCUT2D eigenvalue weighted by atomic mass is 9.87. The molecule has 1 saturated carbocycles. The highest BCUT2D eigenvalue weighted by Gasteiger charge is 2.46. The SMILES string of the molecule is CN1CCOCC12CCN(S(=O)(=O)C1CC1)CC2. The summed E-state index contributed by atoms with van der Waals surface area (Å²) in [5.41, 5.74) is 0.0772. The van der Waals surface area contributed by atoms with Crippen LogP contribution in [0.25, 0.3) is 0 Å². The van der Waals surface area contributed by atoms with Gasteiger partial charge in [-0.2, -0.15) is 0 Å². The van der Waals surface area contributed by atoms with Gasteiger partial charge in [0.05, 0.1) is 18.5 Å². The van der Waals surface area contributed by atoms with Crippen LogP contribution in [-0.2, 0) is 14.8 Å². The Hall–Kier alpha value is -0.170. The average Bonchev–Trinajstić information content (AvgIpc) is 3.18. The lowest BCUT2D eigenvalue weighted by Gasteiger charge is -2.49. The Morgan fingerprint density at radius 3 is 2.39 bits per heavy atom. The van der Waals surface area contributed by atoms with E-state index < -0.39 is 10.0 Å². The highest BCUT2D eigenvalue weighted by atomic mass is 32.2. The number of sulfonamides is 1. The van der Waals surface area contributed by atoms with Gasteiger partial charge in [0, 0.05) is 25.2 Å². The lowest BCUT2D eigenvalue weighted by Crippen LogP contribution is -2.60. The van der Waals surface area contributed by atoms with Crippen LogP contribution in [0.15, 0.2) is 0 Å². The van der Waals surface area contributed by atoms with Gasteiger partial charge < -0.3 is 4.74 Å². The van der Waals surface area contributed by atoms with Crippen molar-refractivity contribution in [3.05, 3.63) is 0 Å². The minimum Gasteiger partial charge on any atom is -0.378 e. The molecular weight excluding hydrogens is 252 g/mol. The van der Waals surface area contributed by atoms with Crippen LogP contribution in [0.2, 0.25) is 0 Å². The fourth-order valence-electron chi connectivity index (χ4n) is 3.07. The van der Waals surface area contributed by atoms with Gasteiger partial charge in [-0.3, -0.25) is 4.90 Å². The molecule has 5 nitrogen and oxygen atoms in total. The van der Waals surface area contributed by atoms with Crippen LogP contribution >= 0.6 is 0 Å². The number of ether oxygens (including phenoxy) is 1. The van der Waals surface area contributed by atoms with Gasteiger partial charge in [-0.25, -0.2) is 12.7 Å². The molecule has 0 unspecified atom stereocenters. The number of hydrogen-bond donors (Lipinski definition) is 0. The lowest BCUT2D eigenvalue weighted by molar-refractivity contribution is -0.0761. The van der Waals surface area contributed by atoms with Gasteiger partial charge in [-0.15, -0.1) is 0 Å². The first-order valence-electron chi connectivity index (χ1n) is 6.83. The minimum atomic E-state index is -2.99. The van der Waals surface area contributed by atoms with Crippen LogP contribution in [0, 0.1) is 0 Å². The third-order valence-electron chi connectivity index (χ3n) is 4.71. The van der Waals surface area contributed by atoms with Crippen LogP contribution < -0.4 is 0 Å². The molecule has 2 aliphatic heterocycles. The molecule has 2 saturated heterocycles. The molecule has 1 aliphatic carbocycles. The Kier molecular flexibility index (Phi) is 3.17. The van der Waals surface area contributed by atoms with E-state index in [1.54, 1.807) is 4.31 Å². The summed E-state index contributed by atoms with van der Waals surface area (Å²) >= 11 is 0. The van der Waals surface area contributed by atoms with E-state index >= 15 is 0 Å². The fraction of sp³-hybridized carbons (Fsp3) is 1.00. The van der Waals surface area contributed by atoms with E-state index in [0.717, 1.165) is 45.4 Å². The molecule has 0 aromatic carbocycles. The Balaban J connectivity index is 1.67. The zero-order chi connectivity index (χ0) is 12.8. The number of likely N-dealkylation sites (N-methyl/N-ethyl adjacent to an activating group) is 1. The van der Waals surface area contributed by atoms with Crippen LogP contribution in [0.3, 0.4) is 0 Å². The molecule has 3 rings (SSSR count). The molecular formula is C12H22N2O3S. The molecule has 1 spiro atoms. The smallest absolute Gasteiger partial charge is 0.216 e. The summed E-state index contributed by atoms with van der Waals surface area (Å²) in [7, 11) is -0.855. The zero-order valence-corrected chi connectivity index (χ0v) is 11.8. The monoisotopic (exact) mass is 274 g/mol. The van der Waals surface area contributed by atoms with Crippen LogP contribution in [-0.4, -0.2) is 68.3 Å². The summed E-state index contributed by atoms with van der Waals surface area (Å²) in [5.74, 6) is 0. The van der Waals surface area contributed by atoms with Gasteiger partial charge in [-0.1, -0.05) is 0 Å². The molecule has 3 fully saturated rings. The number of morpholine rings is 1. The minimum absolute atomic E-state index is 0.0770. The van der Waals surface area contributed by atoms with E-state index in [2.05, 4.69) is 11.9 Å². The van der Waals surface area contributed by atoms with Crippen molar-refractivity contribution in [3.8, 4) is 0 Å². The van der Waals surface area contributed by atoms with Crippen LogP contribution in [0.5, 0.6) is 0 Å². The number of hydrogen-bond acceptors (Lipinski definition) is 4. The first-order valence-corrected chi connectivity index (χ1v) is 8.33.